The highest BCUT2D eigenvalue weighted by Crippen LogP contribution is 2.16. The van der Waals surface area contributed by atoms with Crippen molar-refractivity contribution in [3.8, 4) is 0 Å². The molecule has 2 amide bonds. The maximum atomic E-state index is 12.4. The average molecular weight is 350 g/mol. The molecule has 1 heterocycles. The van der Waals surface area contributed by atoms with Gasteiger partial charge in [0.05, 0.1) is 11.0 Å². The number of rotatable bonds is 6. The lowest BCUT2D eigenvalue weighted by Crippen LogP contribution is -2.27. The summed E-state index contributed by atoms with van der Waals surface area (Å²) in [5, 5.41) is 5.67. The Morgan fingerprint density at radius 2 is 1.92 bits per heavy atom. The van der Waals surface area contributed by atoms with Crippen LogP contribution >= 0.6 is 0 Å². The van der Waals surface area contributed by atoms with Crippen LogP contribution in [0.3, 0.4) is 0 Å². The van der Waals surface area contributed by atoms with Crippen molar-refractivity contribution < 1.29 is 9.59 Å². The lowest BCUT2D eigenvalue weighted by atomic mass is 10.2. The minimum atomic E-state index is -0.120. The van der Waals surface area contributed by atoms with Crippen molar-refractivity contribution in [2.75, 3.05) is 5.32 Å². The number of hydrogen-bond donors (Lipinski definition) is 2. The van der Waals surface area contributed by atoms with Gasteiger partial charge < -0.3 is 15.2 Å². The van der Waals surface area contributed by atoms with Crippen molar-refractivity contribution in [1.82, 2.24) is 14.9 Å². The quantitative estimate of drug-likeness (QED) is 0.718. The van der Waals surface area contributed by atoms with E-state index in [1.807, 2.05) is 60.0 Å². The molecule has 2 N–H and O–H groups in total. The fraction of sp³-hybridized carbons (Fsp3) is 0.250. The summed E-state index contributed by atoms with van der Waals surface area (Å²) in [6.07, 6.45) is 0.765. The number of amides is 2. The van der Waals surface area contributed by atoms with Crippen LogP contribution in [0.15, 0.2) is 48.5 Å². The zero-order valence-corrected chi connectivity index (χ0v) is 15.0. The van der Waals surface area contributed by atoms with Gasteiger partial charge in [0.2, 0.25) is 11.8 Å². The average Bonchev–Trinajstić information content (AvgIpc) is 2.97. The Labute approximate surface area is 152 Å². The lowest BCUT2D eigenvalue weighted by molar-refractivity contribution is -0.121. The second-order valence-electron chi connectivity index (χ2n) is 6.11. The number of nitrogens with one attached hydrogen (secondary N) is 2. The van der Waals surface area contributed by atoms with Gasteiger partial charge in [-0.15, -0.1) is 0 Å². The number of aromatic nitrogens is 2. The molecule has 0 saturated heterocycles. The molecule has 0 unspecified atom stereocenters. The minimum Gasteiger partial charge on any atom is -0.350 e. The molecule has 26 heavy (non-hydrogen) atoms. The number of aryl methyl sites for hydroxylation is 1. The fourth-order valence-electron chi connectivity index (χ4n) is 2.93. The molecule has 6 nitrogen and oxygen atoms in total. The van der Waals surface area contributed by atoms with Gasteiger partial charge >= 0.3 is 0 Å². The molecule has 0 saturated carbocycles. The minimum absolute atomic E-state index is 0.0761. The topological polar surface area (TPSA) is 76.0 Å². The maximum absolute atomic E-state index is 12.4. The molecule has 0 aliphatic rings. The van der Waals surface area contributed by atoms with Crippen LogP contribution in [0.4, 0.5) is 5.69 Å². The molecule has 6 heteroatoms. The number of benzene rings is 2. The summed E-state index contributed by atoms with van der Waals surface area (Å²) in [6, 6.07) is 15.3. The summed E-state index contributed by atoms with van der Waals surface area (Å²) in [6.45, 7) is 4.13. The van der Waals surface area contributed by atoms with Crippen molar-refractivity contribution in [3.05, 3.63) is 59.9 Å². The standard InChI is InChI=1S/C20H22N4O2/c1-3-19-23-17-9-4-5-10-18(17)24(19)13-20(26)21-12-15-7-6-8-16(11-15)22-14(2)25/h4-11H,3,12-13H2,1-2H3,(H,21,26)(H,22,25). The van der Waals surface area contributed by atoms with Crippen molar-refractivity contribution in [3.63, 3.8) is 0 Å². The van der Waals surface area contributed by atoms with E-state index in [0.717, 1.165) is 34.5 Å². The van der Waals surface area contributed by atoms with Gasteiger partial charge in [-0.25, -0.2) is 4.98 Å². The highest BCUT2D eigenvalue weighted by atomic mass is 16.2. The predicted molar refractivity (Wildman–Crippen MR) is 102 cm³/mol. The third kappa shape index (κ3) is 4.08. The molecule has 0 spiro atoms. The predicted octanol–water partition coefficient (Wildman–Crippen LogP) is 2.87. The molecular formula is C20H22N4O2. The van der Waals surface area contributed by atoms with Crippen LogP contribution in [0.25, 0.3) is 11.0 Å². The van der Waals surface area contributed by atoms with E-state index in [-0.39, 0.29) is 18.4 Å². The van der Waals surface area contributed by atoms with E-state index in [0.29, 0.717) is 6.54 Å². The number of carbonyl (C=O) groups excluding carboxylic acids is 2. The van der Waals surface area contributed by atoms with Gasteiger partial charge in [-0.05, 0) is 29.8 Å². The second kappa shape index (κ2) is 7.82. The molecule has 0 aliphatic carbocycles. The van der Waals surface area contributed by atoms with Gasteiger partial charge in [0.15, 0.2) is 0 Å². The van der Waals surface area contributed by atoms with Gasteiger partial charge in [0, 0.05) is 25.6 Å². The van der Waals surface area contributed by atoms with Gasteiger partial charge in [0.25, 0.3) is 0 Å². The van der Waals surface area contributed by atoms with E-state index in [2.05, 4.69) is 15.6 Å². The van der Waals surface area contributed by atoms with E-state index in [1.54, 1.807) is 0 Å². The molecule has 0 atom stereocenters. The number of carbonyl (C=O) groups is 2. The van der Waals surface area contributed by atoms with Gasteiger partial charge in [0.1, 0.15) is 12.4 Å². The third-order valence-electron chi connectivity index (χ3n) is 4.09. The number of hydrogen-bond acceptors (Lipinski definition) is 3. The Bertz CT molecular complexity index is 946. The summed E-state index contributed by atoms with van der Waals surface area (Å²) in [7, 11) is 0. The number of para-hydroxylation sites is 2. The number of anilines is 1. The molecule has 0 fully saturated rings. The molecule has 1 aromatic heterocycles. The highest BCUT2D eigenvalue weighted by molar-refractivity contribution is 5.88. The molecule has 0 radical (unpaired) electrons. The first-order valence-corrected chi connectivity index (χ1v) is 8.64. The molecule has 134 valence electrons. The number of fused-ring (bicyclic) bond motifs is 1. The molecule has 3 rings (SSSR count). The summed E-state index contributed by atoms with van der Waals surface area (Å²) >= 11 is 0. The SMILES string of the molecule is CCc1nc2ccccc2n1CC(=O)NCc1cccc(NC(C)=O)c1. The molecule has 3 aromatic rings. The normalized spacial score (nSPS) is 10.7. The smallest absolute Gasteiger partial charge is 0.240 e. The highest BCUT2D eigenvalue weighted by Gasteiger charge is 2.12. The van der Waals surface area contributed by atoms with Gasteiger partial charge in [-0.1, -0.05) is 31.2 Å². The van der Waals surface area contributed by atoms with Crippen molar-refractivity contribution in [2.24, 2.45) is 0 Å². The third-order valence-corrected chi connectivity index (χ3v) is 4.09. The Morgan fingerprint density at radius 3 is 2.69 bits per heavy atom. The molecule has 0 bridgehead atoms. The second-order valence-corrected chi connectivity index (χ2v) is 6.11. The van der Waals surface area contributed by atoms with Gasteiger partial charge in [-0.3, -0.25) is 9.59 Å². The summed E-state index contributed by atoms with van der Waals surface area (Å²) in [4.78, 5) is 28.2. The molecular weight excluding hydrogens is 328 g/mol. The Morgan fingerprint density at radius 1 is 1.12 bits per heavy atom. The first-order chi connectivity index (χ1) is 12.6. The van der Waals surface area contributed by atoms with E-state index in [1.165, 1.54) is 6.92 Å². The van der Waals surface area contributed by atoms with E-state index in [4.69, 9.17) is 0 Å². The van der Waals surface area contributed by atoms with Gasteiger partial charge in [-0.2, -0.15) is 0 Å². The summed E-state index contributed by atoms with van der Waals surface area (Å²) in [5.74, 6) is 0.701. The summed E-state index contributed by atoms with van der Waals surface area (Å²) < 4.78 is 1.96. The van der Waals surface area contributed by atoms with Crippen LogP contribution in [0, 0.1) is 0 Å². The van der Waals surface area contributed by atoms with Crippen molar-refractivity contribution in [2.45, 2.75) is 33.4 Å². The monoisotopic (exact) mass is 350 g/mol. The molecule has 2 aromatic carbocycles. The zero-order chi connectivity index (χ0) is 18.5. The van der Waals surface area contributed by atoms with Crippen LogP contribution in [0.2, 0.25) is 0 Å². The largest absolute Gasteiger partial charge is 0.350 e. The van der Waals surface area contributed by atoms with Crippen LogP contribution < -0.4 is 10.6 Å². The van der Waals surface area contributed by atoms with Crippen molar-refractivity contribution in [1.29, 1.82) is 0 Å². The van der Waals surface area contributed by atoms with E-state index >= 15 is 0 Å². The Balaban J connectivity index is 1.67. The molecule has 0 aliphatic heterocycles. The summed E-state index contributed by atoms with van der Waals surface area (Å²) in [5.41, 5.74) is 3.52. The van der Waals surface area contributed by atoms with E-state index in [9.17, 15) is 9.59 Å². The van der Waals surface area contributed by atoms with Crippen LogP contribution in [-0.2, 0) is 29.1 Å². The number of nitrogens with zero attached hydrogens (tertiary/aromatic N) is 2. The fourth-order valence-corrected chi connectivity index (χ4v) is 2.93. The van der Waals surface area contributed by atoms with Crippen molar-refractivity contribution >= 4 is 28.5 Å². The Kier molecular flexibility index (Phi) is 5.31. The zero-order valence-electron chi connectivity index (χ0n) is 15.0. The lowest BCUT2D eigenvalue weighted by Gasteiger charge is -2.10. The van der Waals surface area contributed by atoms with Crippen LogP contribution in [-0.4, -0.2) is 21.4 Å². The van der Waals surface area contributed by atoms with Crippen LogP contribution in [0.5, 0.6) is 0 Å². The van der Waals surface area contributed by atoms with E-state index < -0.39 is 0 Å². The maximum Gasteiger partial charge on any atom is 0.240 e. The van der Waals surface area contributed by atoms with Crippen LogP contribution in [0.1, 0.15) is 25.2 Å². The first-order valence-electron chi connectivity index (χ1n) is 8.64. The first kappa shape index (κ1) is 17.7. The number of imidazole rings is 1. The Hall–Kier alpha value is -3.15.